The van der Waals surface area contributed by atoms with Crippen molar-refractivity contribution in [1.82, 2.24) is 5.32 Å². The van der Waals surface area contributed by atoms with Gasteiger partial charge in [0.05, 0.1) is 15.6 Å². The van der Waals surface area contributed by atoms with Crippen LogP contribution in [0.3, 0.4) is 0 Å². The van der Waals surface area contributed by atoms with Crippen molar-refractivity contribution in [3.63, 3.8) is 0 Å². The number of fused-ring (bicyclic) bond motifs is 1. The molecule has 0 spiro atoms. The van der Waals surface area contributed by atoms with Crippen LogP contribution in [0.4, 0.5) is 0 Å². The van der Waals surface area contributed by atoms with Gasteiger partial charge in [-0.3, -0.25) is 0 Å². The molecular weight excluding hydrogens is 361 g/mol. The van der Waals surface area contributed by atoms with E-state index >= 15 is 0 Å². The SMILES string of the molecule is CNC1(c2ccccc2)CC[C@H](c2ccc(Cl)c(Cl)c2)c2ccccc21. The fourth-order valence-electron chi connectivity index (χ4n) is 4.34. The monoisotopic (exact) mass is 381 g/mol. The zero-order valence-corrected chi connectivity index (χ0v) is 16.2. The van der Waals surface area contributed by atoms with E-state index in [1.807, 2.05) is 12.1 Å². The van der Waals surface area contributed by atoms with Gasteiger partial charge in [-0.05, 0) is 54.3 Å². The number of halogens is 2. The standard InChI is InChI=1S/C23H21Cl2N/c1-26-23(17-7-3-2-4-8-17)14-13-18(19-9-5-6-10-20(19)23)16-11-12-21(24)22(25)15-16/h2-12,15,18,26H,13-14H2,1H3/t18-,23?/m1/s1. The van der Waals surface area contributed by atoms with E-state index < -0.39 is 0 Å². The molecule has 132 valence electrons. The lowest BCUT2D eigenvalue weighted by Gasteiger charge is -2.43. The molecule has 0 bridgehead atoms. The smallest absolute Gasteiger partial charge is 0.0691 e. The molecule has 3 aromatic rings. The van der Waals surface area contributed by atoms with Crippen LogP contribution in [0.5, 0.6) is 0 Å². The average Bonchev–Trinajstić information content (AvgIpc) is 2.70. The second kappa shape index (κ2) is 7.08. The predicted octanol–water partition coefficient (Wildman–Crippen LogP) is 6.38. The zero-order valence-electron chi connectivity index (χ0n) is 14.7. The summed E-state index contributed by atoms with van der Waals surface area (Å²) in [4.78, 5) is 0. The molecule has 1 aliphatic carbocycles. The van der Waals surface area contributed by atoms with Crippen molar-refractivity contribution < 1.29 is 0 Å². The zero-order chi connectivity index (χ0) is 18.1. The van der Waals surface area contributed by atoms with Crippen LogP contribution in [0.15, 0.2) is 72.8 Å². The molecule has 1 unspecified atom stereocenters. The Morgan fingerprint density at radius 1 is 0.885 bits per heavy atom. The van der Waals surface area contributed by atoms with E-state index in [0.717, 1.165) is 12.8 Å². The molecule has 0 aromatic heterocycles. The molecule has 2 atom stereocenters. The Hall–Kier alpha value is -1.80. The number of hydrogen-bond acceptors (Lipinski definition) is 1. The van der Waals surface area contributed by atoms with Crippen molar-refractivity contribution in [2.24, 2.45) is 0 Å². The minimum absolute atomic E-state index is 0.162. The quantitative estimate of drug-likeness (QED) is 0.554. The summed E-state index contributed by atoms with van der Waals surface area (Å²) in [6, 6.07) is 25.5. The van der Waals surface area contributed by atoms with Gasteiger partial charge in [0.1, 0.15) is 0 Å². The van der Waals surface area contributed by atoms with Gasteiger partial charge in [-0.2, -0.15) is 0 Å². The first-order chi connectivity index (χ1) is 12.7. The van der Waals surface area contributed by atoms with Crippen molar-refractivity contribution >= 4 is 23.2 Å². The van der Waals surface area contributed by atoms with Crippen molar-refractivity contribution in [3.05, 3.63) is 105 Å². The van der Waals surface area contributed by atoms with Gasteiger partial charge in [0.15, 0.2) is 0 Å². The van der Waals surface area contributed by atoms with E-state index in [1.54, 1.807) is 0 Å². The van der Waals surface area contributed by atoms with Crippen molar-refractivity contribution in [3.8, 4) is 0 Å². The number of rotatable bonds is 3. The minimum atomic E-state index is -0.162. The molecule has 0 amide bonds. The number of hydrogen-bond donors (Lipinski definition) is 1. The van der Waals surface area contributed by atoms with Gasteiger partial charge < -0.3 is 5.32 Å². The molecule has 0 saturated carbocycles. The molecule has 4 rings (SSSR count). The summed E-state index contributed by atoms with van der Waals surface area (Å²) in [5.74, 6) is 0.325. The van der Waals surface area contributed by atoms with Crippen LogP contribution in [-0.4, -0.2) is 7.05 Å². The largest absolute Gasteiger partial charge is 0.307 e. The summed E-state index contributed by atoms with van der Waals surface area (Å²) in [6.45, 7) is 0. The number of nitrogens with one attached hydrogen (secondary N) is 1. The number of benzene rings is 3. The first kappa shape index (κ1) is 17.6. The van der Waals surface area contributed by atoms with Gasteiger partial charge in [-0.15, -0.1) is 0 Å². The second-order valence-corrected chi connectivity index (χ2v) is 7.69. The minimum Gasteiger partial charge on any atom is -0.307 e. The van der Waals surface area contributed by atoms with Gasteiger partial charge in [-0.1, -0.05) is 83.9 Å². The lowest BCUT2D eigenvalue weighted by molar-refractivity contribution is 0.356. The van der Waals surface area contributed by atoms with E-state index in [0.29, 0.717) is 16.0 Å². The Labute approximate surface area is 165 Å². The van der Waals surface area contributed by atoms with Crippen LogP contribution >= 0.6 is 23.2 Å². The summed E-state index contributed by atoms with van der Waals surface area (Å²) in [5.41, 5.74) is 5.07. The van der Waals surface area contributed by atoms with Crippen LogP contribution in [0, 0.1) is 0 Å². The first-order valence-electron chi connectivity index (χ1n) is 8.94. The Kier molecular flexibility index (Phi) is 4.79. The third-order valence-corrected chi connectivity index (χ3v) is 6.38. The van der Waals surface area contributed by atoms with Gasteiger partial charge in [0, 0.05) is 5.92 Å². The van der Waals surface area contributed by atoms with Gasteiger partial charge in [0.25, 0.3) is 0 Å². The van der Waals surface area contributed by atoms with Gasteiger partial charge >= 0.3 is 0 Å². The fourth-order valence-corrected chi connectivity index (χ4v) is 4.65. The summed E-state index contributed by atoms with van der Waals surface area (Å²) in [5, 5.41) is 4.86. The summed E-state index contributed by atoms with van der Waals surface area (Å²) >= 11 is 12.4. The van der Waals surface area contributed by atoms with Crippen LogP contribution in [0.25, 0.3) is 0 Å². The molecule has 0 radical (unpaired) electrons. The molecule has 26 heavy (non-hydrogen) atoms. The van der Waals surface area contributed by atoms with Gasteiger partial charge in [0.2, 0.25) is 0 Å². The highest BCUT2D eigenvalue weighted by Gasteiger charge is 2.40. The highest BCUT2D eigenvalue weighted by Crippen LogP contribution is 2.47. The van der Waals surface area contributed by atoms with Crippen molar-refractivity contribution in [2.75, 3.05) is 7.05 Å². The maximum Gasteiger partial charge on any atom is 0.0691 e. The topological polar surface area (TPSA) is 12.0 Å². The van der Waals surface area contributed by atoms with Crippen LogP contribution in [0.2, 0.25) is 10.0 Å². The van der Waals surface area contributed by atoms with E-state index in [-0.39, 0.29) is 5.54 Å². The lowest BCUT2D eigenvalue weighted by Crippen LogP contribution is -2.44. The maximum atomic E-state index is 6.30. The third kappa shape index (κ3) is 2.85. The van der Waals surface area contributed by atoms with Crippen molar-refractivity contribution in [1.29, 1.82) is 0 Å². The van der Waals surface area contributed by atoms with E-state index in [1.165, 1.54) is 22.3 Å². The summed E-state index contributed by atoms with van der Waals surface area (Å²) < 4.78 is 0. The van der Waals surface area contributed by atoms with Crippen LogP contribution in [-0.2, 0) is 5.54 Å². The molecule has 3 heteroatoms. The molecule has 1 nitrogen and oxygen atoms in total. The molecule has 1 N–H and O–H groups in total. The first-order valence-corrected chi connectivity index (χ1v) is 9.70. The highest BCUT2D eigenvalue weighted by atomic mass is 35.5. The molecule has 0 aliphatic heterocycles. The molecule has 0 fully saturated rings. The highest BCUT2D eigenvalue weighted by molar-refractivity contribution is 6.42. The second-order valence-electron chi connectivity index (χ2n) is 6.87. The predicted molar refractivity (Wildman–Crippen MR) is 110 cm³/mol. The van der Waals surface area contributed by atoms with Crippen LogP contribution in [0.1, 0.15) is 41.0 Å². The Balaban J connectivity index is 1.86. The van der Waals surface area contributed by atoms with Gasteiger partial charge in [-0.25, -0.2) is 0 Å². The molecule has 0 heterocycles. The summed E-state index contributed by atoms with van der Waals surface area (Å²) in [6.07, 6.45) is 2.07. The molecular formula is C23H21Cl2N. The van der Waals surface area contributed by atoms with E-state index in [2.05, 4.69) is 73.0 Å². The fraction of sp³-hybridized carbons (Fsp3) is 0.217. The molecule has 0 saturated heterocycles. The molecule has 1 aliphatic rings. The molecule has 3 aromatic carbocycles. The summed E-state index contributed by atoms with van der Waals surface area (Å²) in [7, 11) is 2.06. The Morgan fingerprint density at radius 2 is 1.62 bits per heavy atom. The normalized spacial score (nSPS) is 22.0. The Morgan fingerprint density at radius 3 is 2.35 bits per heavy atom. The van der Waals surface area contributed by atoms with Crippen LogP contribution < -0.4 is 5.32 Å². The van der Waals surface area contributed by atoms with E-state index in [9.17, 15) is 0 Å². The maximum absolute atomic E-state index is 6.30. The Bertz CT molecular complexity index is 923. The van der Waals surface area contributed by atoms with Crippen molar-refractivity contribution in [2.45, 2.75) is 24.3 Å². The average molecular weight is 382 g/mol. The lowest BCUT2D eigenvalue weighted by atomic mass is 9.67. The van der Waals surface area contributed by atoms with E-state index in [4.69, 9.17) is 23.2 Å². The third-order valence-electron chi connectivity index (χ3n) is 5.64.